The molecule has 378 valence electrons. The van der Waals surface area contributed by atoms with Crippen LogP contribution in [0.15, 0.2) is 109 Å². The van der Waals surface area contributed by atoms with Gasteiger partial charge in [-0.05, 0) is 83.5 Å². The zero-order valence-electron chi connectivity index (χ0n) is 43.4. The van der Waals surface area contributed by atoms with E-state index in [1.54, 1.807) is 6.08 Å². The number of aliphatic hydroxyl groups excluding tert-OH is 2. The minimum atomic E-state index is -0.848. The van der Waals surface area contributed by atoms with Gasteiger partial charge in [-0.2, -0.15) is 0 Å². The molecule has 4 heteroatoms. The average molecular weight is 915 g/mol. The van der Waals surface area contributed by atoms with E-state index < -0.39 is 12.1 Å². The second kappa shape index (κ2) is 56.4. The van der Waals surface area contributed by atoms with Gasteiger partial charge in [0, 0.05) is 6.42 Å². The van der Waals surface area contributed by atoms with Crippen LogP contribution in [0.25, 0.3) is 0 Å². The molecule has 1 amide bonds. The molecular weight excluding hydrogens is 807 g/mol. The summed E-state index contributed by atoms with van der Waals surface area (Å²) in [4.78, 5) is 12.5. The summed E-state index contributed by atoms with van der Waals surface area (Å²) in [7, 11) is 0. The average Bonchev–Trinajstić information content (AvgIpc) is 3.32. The van der Waals surface area contributed by atoms with Gasteiger partial charge in [-0.15, -0.1) is 0 Å². The molecule has 0 aliphatic heterocycles. The van der Waals surface area contributed by atoms with Crippen LogP contribution in [0.4, 0.5) is 0 Å². The highest BCUT2D eigenvalue weighted by molar-refractivity contribution is 5.76. The summed E-state index contributed by atoms with van der Waals surface area (Å²) < 4.78 is 0. The van der Waals surface area contributed by atoms with Crippen LogP contribution in [0.2, 0.25) is 0 Å². The molecule has 0 bridgehead atoms. The van der Waals surface area contributed by atoms with Crippen LogP contribution in [-0.2, 0) is 4.79 Å². The predicted octanol–water partition coefficient (Wildman–Crippen LogP) is 18.7. The zero-order valence-corrected chi connectivity index (χ0v) is 43.4. The molecule has 0 radical (unpaired) electrons. The molecule has 0 saturated heterocycles. The molecule has 0 saturated carbocycles. The van der Waals surface area contributed by atoms with Gasteiger partial charge in [0.1, 0.15) is 0 Å². The van der Waals surface area contributed by atoms with E-state index in [-0.39, 0.29) is 12.5 Å². The lowest BCUT2D eigenvalue weighted by molar-refractivity contribution is -0.123. The lowest BCUT2D eigenvalue weighted by Crippen LogP contribution is -2.45. The maximum atomic E-state index is 12.5. The first kappa shape index (κ1) is 63.0. The second-order valence-electron chi connectivity index (χ2n) is 18.6. The lowest BCUT2D eigenvalue weighted by atomic mass is 10.0. The Labute approximate surface area is 410 Å². The van der Waals surface area contributed by atoms with Gasteiger partial charge in [-0.3, -0.25) is 4.79 Å². The number of carbonyl (C=O) groups is 1. The second-order valence-corrected chi connectivity index (χ2v) is 18.6. The first-order valence-corrected chi connectivity index (χ1v) is 28.1. The maximum absolute atomic E-state index is 12.5. The van der Waals surface area contributed by atoms with Crippen molar-refractivity contribution in [1.82, 2.24) is 5.32 Å². The Hall–Kier alpha value is -2.95. The Morgan fingerprint density at radius 3 is 1.00 bits per heavy atom. The number of allylic oxidation sites excluding steroid dienone is 17. The highest BCUT2D eigenvalue weighted by Gasteiger charge is 2.18. The van der Waals surface area contributed by atoms with Gasteiger partial charge in [-0.1, -0.05) is 277 Å². The number of amides is 1. The van der Waals surface area contributed by atoms with Gasteiger partial charge >= 0.3 is 0 Å². The number of aliphatic hydroxyl groups is 2. The Morgan fingerprint density at radius 1 is 0.379 bits per heavy atom. The fourth-order valence-electron chi connectivity index (χ4n) is 8.02. The van der Waals surface area contributed by atoms with Gasteiger partial charge in [-0.25, -0.2) is 0 Å². The molecule has 0 heterocycles. The number of unbranched alkanes of at least 4 members (excludes halogenated alkanes) is 27. The molecule has 3 N–H and O–H groups in total. The van der Waals surface area contributed by atoms with Gasteiger partial charge in [0.15, 0.2) is 0 Å². The van der Waals surface area contributed by atoms with Gasteiger partial charge in [0.05, 0.1) is 18.8 Å². The predicted molar refractivity (Wildman–Crippen MR) is 294 cm³/mol. The minimum Gasteiger partial charge on any atom is -0.394 e. The van der Waals surface area contributed by atoms with E-state index in [0.29, 0.717) is 6.42 Å². The largest absolute Gasteiger partial charge is 0.394 e. The minimum absolute atomic E-state index is 0.0715. The molecule has 0 fully saturated rings. The van der Waals surface area contributed by atoms with Crippen molar-refractivity contribution in [3.05, 3.63) is 109 Å². The first-order valence-electron chi connectivity index (χ1n) is 28.1. The van der Waals surface area contributed by atoms with Crippen molar-refractivity contribution in [3.63, 3.8) is 0 Å². The highest BCUT2D eigenvalue weighted by atomic mass is 16.3. The van der Waals surface area contributed by atoms with Crippen molar-refractivity contribution >= 4 is 5.91 Å². The fraction of sp³-hybridized carbons (Fsp3) is 0.694. The first-order chi connectivity index (χ1) is 32.7. The maximum Gasteiger partial charge on any atom is 0.220 e. The van der Waals surface area contributed by atoms with E-state index >= 15 is 0 Å². The normalized spacial score (nSPS) is 13.7. The number of hydrogen-bond donors (Lipinski definition) is 3. The van der Waals surface area contributed by atoms with E-state index in [2.05, 4.69) is 116 Å². The third-order valence-electron chi connectivity index (χ3n) is 12.3. The van der Waals surface area contributed by atoms with Crippen molar-refractivity contribution in [3.8, 4) is 0 Å². The molecule has 0 rings (SSSR count). The molecule has 2 atom stereocenters. The van der Waals surface area contributed by atoms with Crippen LogP contribution in [0.1, 0.15) is 258 Å². The van der Waals surface area contributed by atoms with E-state index in [1.807, 2.05) is 6.08 Å². The number of rotatable bonds is 50. The van der Waals surface area contributed by atoms with E-state index in [4.69, 9.17) is 0 Å². The summed E-state index contributed by atoms with van der Waals surface area (Å²) in [5, 5.41) is 23.2. The molecule has 0 aliphatic rings. The summed E-state index contributed by atoms with van der Waals surface area (Å²) in [6.45, 7) is 4.20. The van der Waals surface area contributed by atoms with Crippen molar-refractivity contribution in [1.29, 1.82) is 0 Å². The number of carbonyl (C=O) groups excluding carboxylic acids is 1. The van der Waals surface area contributed by atoms with Crippen LogP contribution in [0.5, 0.6) is 0 Å². The molecule has 66 heavy (non-hydrogen) atoms. The highest BCUT2D eigenvalue weighted by Crippen LogP contribution is 2.16. The summed E-state index contributed by atoms with van der Waals surface area (Å²) in [5.74, 6) is -0.0715. The zero-order chi connectivity index (χ0) is 47.7. The van der Waals surface area contributed by atoms with E-state index in [1.165, 1.54) is 161 Å². The summed E-state index contributed by atoms with van der Waals surface area (Å²) >= 11 is 0. The third-order valence-corrected chi connectivity index (χ3v) is 12.3. The van der Waals surface area contributed by atoms with Gasteiger partial charge < -0.3 is 15.5 Å². The molecular formula is C62H107NO3. The van der Waals surface area contributed by atoms with E-state index in [9.17, 15) is 15.0 Å². The van der Waals surface area contributed by atoms with Crippen molar-refractivity contribution in [2.45, 2.75) is 270 Å². The molecule has 0 spiro atoms. The van der Waals surface area contributed by atoms with Crippen molar-refractivity contribution in [2.75, 3.05) is 6.61 Å². The van der Waals surface area contributed by atoms with Crippen molar-refractivity contribution in [2.24, 2.45) is 0 Å². The Balaban J connectivity index is 3.59. The Bertz CT molecular complexity index is 1270. The van der Waals surface area contributed by atoms with Crippen LogP contribution in [0.3, 0.4) is 0 Å². The van der Waals surface area contributed by atoms with Crippen LogP contribution >= 0.6 is 0 Å². The molecule has 2 unspecified atom stereocenters. The Kier molecular flexibility index (Phi) is 53.9. The number of nitrogens with one attached hydrogen (secondary N) is 1. The van der Waals surface area contributed by atoms with Crippen LogP contribution < -0.4 is 5.32 Å². The van der Waals surface area contributed by atoms with E-state index in [0.717, 1.165) is 77.0 Å². The molecule has 4 nitrogen and oxygen atoms in total. The SMILES string of the molecule is CC/C=C\C/C=C\C/C=C\C/C=C\C/C=C\C/C=C\C/C=C\C/C=C\CCCCCCCCCCCCC(=O)NC(CO)C(O)/C=C/CCCCCCCCCCCCCCCCCCC. The fourth-order valence-corrected chi connectivity index (χ4v) is 8.02. The monoisotopic (exact) mass is 914 g/mol. The molecule has 0 aromatic rings. The quantitative estimate of drug-likeness (QED) is 0.0421. The molecule has 0 aromatic carbocycles. The Morgan fingerprint density at radius 2 is 0.667 bits per heavy atom. The van der Waals surface area contributed by atoms with Gasteiger partial charge in [0.25, 0.3) is 0 Å². The molecule has 0 aromatic heterocycles. The number of hydrogen-bond acceptors (Lipinski definition) is 3. The molecule has 0 aliphatic carbocycles. The van der Waals surface area contributed by atoms with Crippen LogP contribution in [-0.4, -0.2) is 34.9 Å². The topological polar surface area (TPSA) is 69.6 Å². The van der Waals surface area contributed by atoms with Crippen molar-refractivity contribution < 1.29 is 15.0 Å². The standard InChI is InChI=1S/C62H107NO3/c1-3-5-7-9-11-13-15-17-19-21-23-24-25-26-27-28-29-30-31-32-33-34-35-36-37-38-40-42-44-46-48-50-52-54-56-58-62(66)63-60(59-64)61(65)57-55-53-51-49-47-45-43-41-39-22-20-18-16-14-12-10-8-6-4-2/h5,7,11,13,17,19,23-24,26-27,29-30,32-33,35-36,55,57,60-61,64-65H,3-4,6,8-10,12,14-16,18,20-22,25,28,31,34,37-54,56,58-59H2,1-2H3,(H,63,66)/b7-5-,13-11-,19-17-,24-23-,27-26-,30-29-,33-32-,36-35-,57-55+. The summed E-state index contributed by atoms with van der Waals surface area (Å²) in [6.07, 6.45) is 85.2. The lowest BCUT2D eigenvalue weighted by Gasteiger charge is -2.20. The van der Waals surface area contributed by atoms with Gasteiger partial charge in [0.2, 0.25) is 5.91 Å². The van der Waals surface area contributed by atoms with Crippen LogP contribution in [0, 0.1) is 0 Å². The third kappa shape index (κ3) is 52.0. The summed E-state index contributed by atoms with van der Waals surface area (Å²) in [6, 6.07) is -0.632. The summed E-state index contributed by atoms with van der Waals surface area (Å²) in [5.41, 5.74) is 0. The smallest absolute Gasteiger partial charge is 0.220 e.